The predicted molar refractivity (Wildman–Crippen MR) is 101 cm³/mol. The number of nitrogens with zero attached hydrogens (tertiary/aromatic N) is 5. The largest absolute Gasteiger partial charge is 0.384 e. The zero-order valence-electron chi connectivity index (χ0n) is 15.0. The molecule has 140 valence electrons. The molecule has 2 aliphatic heterocycles. The van der Waals surface area contributed by atoms with Crippen LogP contribution in [-0.4, -0.2) is 55.4 Å². The maximum absolute atomic E-state index is 13.0. The van der Waals surface area contributed by atoms with Gasteiger partial charge in [0.15, 0.2) is 0 Å². The van der Waals surface area contributed by atoms with E-state index in [9.17, 15) is 8.42 Å². The SMILES string of the molecule is Cc1cc(C#N)nc(N2CCN(S(=O)(=O)c3ccc4c(c3)CCN4)CC2)n1. The number of piperazine rings is 1. The van der Waals surface area contributed by atoms with Crippen LogP contribution in [0.4, 0.5) is 11.6 Å². The van der Waals surface area contributed by atoms with Crippen molar-refractivity contribution in [3.8, 4) is 6.07 Å². The Bertz CT molecular complexity index is 1020. The number of fused-ring (bicyclic) bond motifs is 1. The summed E-state index contributed by atoms with van der Waals surface area (Å²) in [5.41, 5.74) is 3.10. The van der Waals surface area contributed by atoms with Gasteiger partial charge in [0.2, 0.25) is 16.0 Å². The number of hydrogen-bond donors (Lipinski definition) is 1. The van der Waals surface area contributed by atoms with Crippen LogP contribution in [0.1, 0.15) is 17.0 Å². The quantitative estimate of drug-likeness (QED) is 0.846. The Morgan fingerprint density at radius 3 is 2.67 bits per heavy atom. The molecule has 1 aromatic heterocycles. The van der Waals surface area contributed by atoms with E-state index in [4.69, 9.17) is 5.26 Å². The Kier molecular flexibility index (Phi) is 4.45. The molecule has 3 heterocycles. The summed E-state index contributed by atoms with van der Waals surface area (Å²) in [6.45, 7) is 4.35. The summed E-state index contributed by atoms with van der Waals surface area (Å²) in [6.07, 6.45) is 0.846. The van der Waals surface area contributed by atoms with Crippen LogP contribution in [0.25, 0.3) is 0 Å². The van der Waals surface area contributed by atoms with Crippen molar-refractivity contribution in [2.24, 2.45) is 0 Å². The number of benzene rings is 1. The van der Waals surface area contributed by atoms with E-state index in [2.05, 4.69) is 15.3 Å². The first-order valence-electron chi connectivity index (χ1n) is 8.85. The highest BCUT2D eigenvalue weighted by atomic mass is 32.2. The highest BCUT2D eigenvalue weighted by molar-refractivity contribution is 7.89. The summed E-state index contributed by atoms with van der Waals surface area (Å²) in [7, 11) is -3.52. The van der Waals surface area contributed by atoms with E-state index in [1.165, 1.54) is 4.31 Å². The zero-order chi connectivity index (χ0) is 19.0. The van der Waals surface area contributed by atoms with Crippen molar-refractivity contribution in [3.63, 3.8) is 0 Å². The van der Waals surface area contributed by atoms with Crippen LogP contribution in [-0.2, 0) is 16.4 Å². The molecule has 0 atom stereocenters. The molecule has 1 N–H and O–H groups in total. The molecule has 0 bridgehead atoms. The van der Waals surface area contributed by atoms with Crippen LogP contribution in [0, 0.1) is 18.3 Å². The zero-order valence-corrected chi connectivity index (χ0v) is 15.8. The monoisotopic (exact) mass is 384 g/mol. The molecule has 0 aliphatic carbocycles. The molecular weight excluding hydrogens is 364 g/mol. The van der Waals surface area contributed by atoms with Gasteiger partial charge in [-0.3, -0.25) is 0 Å². The fourth-order valence-electron chi connectivity index (χ4n) is 3.47. The van der Waals surface area contributed by atoms with Crippen molar-refractivity contribution in [1.82, 2.24) is 14.3 Å². The normalized spacial score (nSPS) is 17.3. The van der Waals surface area contributed by atoms with Crippen molar-refractivity contribution < 1.29 is 8.42 Å². The number of nitriles is 1. The number of rotatable bonds is 3. The number of sulfonamides is 1. The van der Waals surface area contributed by atoms with Gasteiger partial charge in [0, 0.05) is 44.1 Å². The van der Waals surface area contributed by atoms with E-state index in [1.807, 2.05) is 24.0 Å². The van der Waals surface area contributed by atoms with Crippen molar-refractivity contribution in [3.05, 3.63) is 41.2 Å². The lowest BCUT2D eigenvalue weighted by Crippen LogP contribution is -2.49. The number of aryl methyl sites for hydroxylation is 1. The maximum atomic E-state index is 13.0. The van der Waals surface area contributed by atoms with Crippen LogP contribution in [0.15, 0.2) is 29.2 Å². The van der Waals surface area contributed by atoms with Gasteiger partial charge in [-0.15, -0.1) is 0 Å². The van der Waals surface area contributed by atoms with Crippen LogP contribution in [0.3, 0.4) is 0 Å². The third-order valence-electron chi connectivity index (χ3n) is 4.90. The van der Waals surface area contributed by atoms with Gasteiger partial charge in [-0.2, -0.15) is 9.57 Å². The number of aromatic nitrogens is 2. The molecule has 4 rings (SSSR count). The summed E-state index contributed by atoms with van der Waals surface area (Å²) in [5, 5.41) is 12.3. The van der Waals surface area contributed by atoms with Crippen LogP contribution in [0.2, 0.25) is 0 Å². The predicted octanol–water partition coefficient (Wildman–Crippen LogP) is 1.14. The number of hydrogen-bond acceptors (Lipinski definition) is 7. The summed E-state index contributed by atoms with van der Waals surface area (Å²) in [4.78, 5) is 10.9. The Morgan fingerprint density at radius 2 is 1.93 bits per heavy atom. The summed E-state index contributed by atoms with van der Waals surface area (Å²) in [5.74, 6) is 0.479. The second-order valence-corrected chi connectivity index (χ2v) is 8.63. The molecule has 0 amide bonds. The van der Waals surface area contributed by atoms with Crippen LogP contribution >= 0.6 is 0 Å². The molecule has 0 spiro atoms. The molecule has 9 heteroatoms. The molecule has 2 aromatic rings. The van der Waals surface area contributed by atoms with Crippen LogP contribution in [0.5, 0.6) is 0 Å². The van der Waals surface area contributed by atoms with Crippen molar-refractivity contribution in [1.29, 1.82) is 5.26 Å². The Balaban J connectivity index is 1.50. The molecule has 0 unspecified atom stereocenters. The van der Waals surface area contributed by atoms with Gasteiger partial charge >= 0.3 is 0 Å². The summed E-state index contributed by atoms with van der Waals surface area (Å²) in [6, 6.07) is 8.95. The minimum Gasteiger partial charge on any atom is -0.384 e. The summed E-state index contributed by atoms with van der Waals surface area (Å²) >= 11 is 0. The fourth-order valence-corrected chi connectivity index (χ4v) is 4.94. The van der Waals surface area contributed by atoms with Crippen molar-refractivity contribution in [2.45, 2.75) is 18.2 Å². The van der Waals surface area contributed by atoms with E-state index >= 15 is 0 Å². The number of nitrogens with one attached hydrogen (secondary N) is 1. The van der Waals surface area contributed by atoms with Gasteiger partial charge in [-0.05, 0) is 43.2 Å². The molecular formula is C18H20N6O2S. The average Bonchev–Trinajstić information content (AvgIpc) is 3.15. The molecule has 0 radical (unpaired) electrons. The average molecular weight is 384 g/mol. The van der Waals surface area contributed by atoms with Gasteiger partial charge in [0.05, 0.1) is 4.90 Å². The van der Waals surface area contributed by atoms with Crippen LogP contribution < -0.4 is 10.2 Å². The molecule has 1 saturated heterocycles. The molecule has 1 fully saturated rings. The highest BCUT2D eigenvalue weighted by Crippen LogP contribution is 2.27. The molecule has 8 nitrogen and oxygen atoms in total. The minimum absolute atomic E-state index is 0.319. The fraction of sp³-hybridized carbons (Fsp3) is 0.389. The van der Waals surface area contributed by atoms with Gasteiger partial charge in [0.25, 0.3) is 0 Å². The second-order valence-electron chi connectivity index (χ2n) is 6.69. The van der Waals surface area contributed by atoms with E-state index in [-0.39, 0.29) is 0 Å². The molecule has 0 saturated carbocycles. The standard InChI is InChI=1S/C18H20N6O2S/c1-13-10-15(12-19)22-18(21-13)23-6-8-24(9-7-23)27(25,26)16-2-3-17-14(11-16)4-5-20-17/h2-3,10-11,20H,4-9H2,1H3. The van der Waals surface area contributed by atoms with E-state index in [0.29, 0.717) is 42.7 Å². The Labute approximate surface area is 158 Å². The third kappa shape index (κ3) is 3.34. The molecule has 27 heavy (non-hydrogen) atoms. The Morgan fingerprint density at radius 1 is 1.15 bits per heavy atom. The third-order valence-corrected chi connectivity index (χ3v) is 6.80. The van der Waals surface area contributed by atoms with Crippen molar-refractivity contribution in [2.75, 3.05) is 42.9 Å². The summed E-state index contributed by atoms with van der Waals surface area (Å²) < 4.78 is 27.5. The Hall–Kier alpha value is -2.70. The van der Waals surface area contributed by atoms with Gasteiger partial charge < -0.3 is 10.2 Å². The van der Waals surface area contributed by atoms with Gasteiger partial charge in [0.1, 0.15) is 11.8 Å². The maximum Gasteiger partial charge on any atom is 0.243 e. The minimum atomic E-state index is -3.52. The van der Waals surface area contributed by atoms with E-state index in [0.717, 1.165) is 29.9 Å². The van der Waals surface area contributed by atoms with Crippen molar-refractivity contribution >= 4 is 21.7 Å². The van der Waals surface area contributed by atoms with Gasteiger partial charge in [-0.1, -0.05) is 0 Å². The van der Waals surface area contributed by atoms with E-state index < -0.39 is 10.0 Å². The lowest BCUT2D eigenvalue weighted by atomic mass is 10.2. The first-order valence-corrected chi connectivity index (χ1v) is 10.3. The molecule has 2 aliphatic rings. The first kappa shape index (κ1) is 17.7. The smallest absolute Gasteiger partial charge is 0.243 e. The lowest BCUT2D eigenvalue weighted by Gasteiger charge is -2.34. The topological polar surface area (TPSA) is 102 Å². The first-order chi connectivity index (χ1) is 13.0. The molecule has 1 aromatic carbocycles. The van der Waals surface area contributed by atoms with E-state index in [1.54, 1.807) is 18.2 Å². The van der Waals surface area contributed by atoms with Gasteiger partial charge in [-0.25, -0.2) is 18.4 Å². The highest BCUT2D eigenvalue weighted by Gasteiger charge is 2.30. The number of anilines is 2. The second kappa shape index (κ2) is 6.79. The lowest BCUT2D eigenvalue weighted by molar-refractivity contribution is 0.382.